The fraction of sp³-hybridized carbons (Fsp3) is 0.207. The standard InChI is InChI=1S/C29H30N4O/c1-3-4-11-20-34-26-18-16-23(17-19-26)22-30-33(2)29-31-27(24-12-7-5-8-13-24)21-28(32-29)25-14-9-6-10-15-25/h5-10,12-19,21-22H,3-4,11,20H2,1-2H3/b30-22+. The molecule has 0 radical (unpaired) electrons. The molecule has 0 N–H and O–H groups in total. The van der Waals surface area contributed by atoms with Gasteiger partial charge in [0.15, 0.2) is 0 Å². The summed E-state index contributed by atoms with van der Waals surface area (Å²) in [4.78, 5) is 9.57. The Morgan fingerprint density at radius 2 is 1.38 bits per heavy atom. The molecular formula is C29H30N4O. The molecule has 0 aliphatic carbocycles. The first-order valence-corrected chi connectivity index (χ1v) is 11.7. The van der Waals surface area contributed by atoms with Crippen molar-refractivity contribution in [1.82, 2.24) is 9.97 Å². The summed E-state index contributed by atoms with van der Waals surface area (Å²) in [6.07, 6.45) is 5.27. The maximum absolute atomic E-state index is 5.79. The SMILES string of the molecule is CCCCCOc1ccc(/C=N/N(C)c2nc(-c3ccccc3)cc(-c3ccccc3)n2)cc1. The highest BCUT2D eigenvalue weighted by Crippen LogP contribution is 2.26. The maximum Gasteiger partial charge on any atom is 0.247 e. The van der Waals surface area contributed by atoms with E-state index in [1.807, 2.05) is 80.0 Å². The minimum absolute atomic E-state index is 0.535. The van der Waals surface area contributed by atoms with Crippen LogP contribution in [0, 0.1) is 0 Å². The van der Waals surface area contributed by atoms with Gasteiger partial charge in [0.25, 0.3) is 0 Å². The van der Waals surface area contributed by atoms with Gasteiger partial charge in [-0.2, -0.15) is 5.10 Å². The van der Waals surface area contributed by atoms with Gasteiger partial charge >= 0.3 is 0 Å². The van der Waals surface area contributed by atoms with Crippen molar-refractivity contribution < 1.29 is 4.74 Å². The topological polar surface area (TPSA) is 50.6 Å². The van der Waals surface area contributed by atoms with Crippen LogP contribution in [-0.2, 0) is 0 Å². The van der Waals surface area contributed by atoms with Crippen LogP contribution in [0.1, 0.15) is 31.7 Å². The third-order valence-electron chi connectivity index (χ3n) is 5.42. The second-order valence-corrected chi connectivity index (χ2v) is 8.06. The monoisotopic (exact) mass is 450 g/mol. The zero-order valence-corrected chi connectivity index (χ0v) is 19.8. The van der Waals surface area contributed by atoms with E-state index in [1.165, 1.54) is 12.8 Å². The van der Waals surface area contributed by atoms with E-state index in [-0.39, 0.29) is 0 Å². The molecule has 172 valence electrons. The summed E-state index contributed by atoms with van der Waals surface area (Å²) in [6, 6.07) is 30.2. The van der Waals surface area contributed by atoms with Crippen molar-refractivity contribution in [2.45, 2.75) is 26.2 Å². The maximum atomic E-state index is 5.79. The second-order valence-electron chi connectivity index (χ2n) is 8.06. The number of hydrazone groups is 1. The Kier molecular flexibility index (Phi) is 8.01. The molecule has 0 saturated heterocycles. The Morgan fingerprint density at radius 1 is 0.794 bits per heavy atom. The number of rotatable bonds is 10. The largest absolute Gasteiger partial charge is 0.494 e. The predicted molar refractivity (Wildman–Crippen MR) is 140 cm³/mol. The minimum Gasteiger partial charge on any atom is -0.494 e. The molecule has 1 aromatic heterocycles. The van der Waals surface area contributed by atoms with Crippen molar-refractivity contribution in [3.63, 3.8) is 0 Å². The fourth-order valence-corrected chi connectivity index (χ4v) is 3.49. The quantitative estimate of drug-likeness (QED) is 0.151. The van der Waals surface area contributed by atoms with Crippen molar-refractivity contribution in [2.75, 3.05) is 18.7 Å². The zero-order chi connectivity index (χ0) is 23.6. The molecule has 0 bridgehead atoms. The van der Waals surface area contributed by atoms with Gasteiger partial charge in [0.05, 0.1) is 24.2 Å². The summed E-state index contributed by atoms with van der Waals surface area (Å²) in [5.41, 5.74) is 4.77. The van der Waals surface area contributed by atoms with Crippen molar-refractivity contribution in [1.29, 1.82) is 0 Å². The molecule has 4 aromatic rings. The van der Waals surface area contributed by atoms with Crippen molar-refractivity contribution in [3.8, 4) is 28.3 Å². The third kappa shape index (κ3) is 6.29. The fourth-order valence-electron chi connectivity index (χ4n) is 3.49. The highest BCUT2D eigenvalue weighted by atomic mass is 16.5. The van der Waals surface area contributed by atoms with Crippen molar-refractivity contribution in [2.24, 2.45) is 5.10 Å². The Labute approximate surface area is 201 Å². The van der Waals surface area contributed by atoms with Crippen LogP contribution in [0.4, 0.5) is 5.95 Å². The molecule has 0 atom stereocenters. The molecule has 0 amide bonds. The van der Waals surface area contributed by atoms with E-state index < -0.39 is 0 Å². The number of aromatic nitrogens is 2. The number of benzene rings is 3. The first kappa shape index (κ1) is 23.2. The zero-order valence-electron chi connectivity index (χ0n) is 19.8. The average Bonchev–Trinajstić information content (AvgIpc) is 2.91. The Balaban J connectivity index is 1.54. The predicted octanol–water partition coefficient (Wildman–Crippen LogP) is 6.85. The van der Waals surface area contributed by atoms with Crippen LogP contribution in [0.15, 0.2) is 96.1 Å². The number of anilines is 1. The third-order valence-corrected chi connectivity index (χ3v) is 5.42. The van der Waals surface area contributed by atoms with Crippen LogP contribution >= 0.6 is 0 Å². The van der Waals surface area contributed by atoms with Crippen molar-refractivity contribution >= 4 is 12.2 Å². The highest BCUT2D eigenvalue weighted by molar-refractivity contribution is 5.80. The molecule has 34 heavy (non-hydrogen) atoms. The number of ether oxygens (including phenoxy) is 1. The number of hydrogen-bond donors (Lipinski definition) is 0. The van der Waals surface area contributed by atoms with Gasteiger partial charge < -0.3 is 4.74 Å². The lowest BCUT2D eigenvalue weighted by Crippen LogP contribution is -2.13. The number of hydrogen-bond acceptors (Lipinski definition) is 5. The number of nitrogens with zero attached hydrogens (tertiary/aromatic N) is 4. The molecule has 4 rings (SSSR count). The summed E-state index contributed by atoms with van der Waals surface area (Å²) >= 11 is 0. The summed E-state index contributed by atoms with van der Waals surface area (Å²) in [5.74, 6) is 1.42. The Bertz CT molecular complexity index is 1130. The van der Waals surface area contributed by atoms with E-state index in [9.17, 15) is 0 Å². The lowest BCUT2D eigenvalue weighted by Gasteiger charge is -2.14. The van der Waals surface area contributed by atoms with E-state index in [4.69, 9.17) is 14.7 Å². The first-order valence-electron chi connectivity index (χ1n) is 11.7. The number of unbranched alkanes of at least 4 members (excludes halogenated alkanes) is 2. The van der Waals surface area contributed by atoms with Gasteiger partial charge in [0.2, 0.25) is 5.95 Å². The molecule has 0 unspecified atom stereocenters. The van der Waals surface area contributed by atoms with E-state index in [1.54, 1.807) is 5.01 Å². The summed E-state index contributed by atoms with van der Waals surface area (Å²) in [7, 11) is 1.86. The lowest BCUT2D eigenvalue weighted by atomic mass is 10.1. The van der Waals surface area contributed by atoms with Crippen LogP contribution in [0.3, 0.4) is 0 Å². The second kappa shape index (κ2) is 11.8. The molecule has 5 heteroatoms. The Morgan fingerprint density at radius 3 is 1.94 bits per heavy atom. The summed E-state index contributed by atoms with van der Waals surface area (Å²) in [5, 5.41) is 6.30. The molecule has 0 aliphatic heterocycles. The van der Waals surface area contributed by atoms with Gasteiger partial charge in [0, 0.05) is 18.2 Å². The first-order chi connectivity index (χ1) is 16.7. The van der Waals surface area contributed by atoms with Crippen LogP contribution in [0.25, 0.3) is 22.5 Å². The van der Waals surface area contributed by atoms with Gasteiger partial charge in [-0.1, -0.05) is 80.4 Å². The molecule has 0 spiro atoms. The van der Waals surface area contributed by atoms with Crippen molar-refractivity contribution in [3.05, 3.63) is 96.6 Å². The van der Waals surface area contributed by atoms with E-state index in [2.05, 4.69) is 36.3 Å². The molecule has 0 fully saturated rings. The van der Waals surface area contributed by atoms with E-state index in [0.29, 0.717) is 5.95 Å². The molecule has 1 heterocycles. The van der Waals surface area contributed by atoms with Gasteiger partial charge in [-0.3, -0.25) is 0 Å². The van der Waals surface area contributed by atoms with Crippen LogP contribution in [0.2, 0.25) is 0 Å². The van der Waals surface area contributed by atoms with Gasteiger partial charge in [-0.15, -0.1) is 0 Å². The highest BCUT2D eigenvalue weighted by Gasteiger charge is 2.11. The van der Waals surface area contributed by atoms with Gasteiger partial charge in [0.1, 0.15) is 5.75 Å². The van der Waals surface area contributed by atoms with E-state index >= 15 is 0 Å². The molecule has 5 nitrogen and oxygen atoms in total. The molecule has 0 aliphatic rings. The summed E-state index contributed by atoms with van der Waals surface area (Å²) < 4.78 is 5.79. The van der Waals surface area contributed by atoms with E-state index in [0.717, 1.165) is 46.9 Å². The molecule has 3 aromatic carbocycles. The van der Waals surface area contributed by atoms with Crippen LogP contribution in [0.5, 0.6) is 5.75 Å². The van der Waals surface area contributed by atoms with Gasteiger partial charge in [-0.05, 0) is 42.3 Å². The lowest BCUT2D eigenvalue weighted by molar-refractivity contribution is 0.306. The minimum atomic E-state index is 0.535. The average molecular weight is 451 g/mol. The van der Waals surface area contributed by atoms with Crippen LogP contribution in [-0.4, -0.2) is 29.8 Å². The molecular weight excluding hydrogens is 420 g/mol. The van der Waals surface area contributed by atoms with Crippen LogP contribution < -0.4 is 9.75 Å². The normalized spacial score (nSPS) is 11.0. The molecule has 0 saturated carbocycles. The smallest absolute Gasteiger partial charge is 0.247 e. The van der Waals surface area contributed by atoms with Gasteiger partial charge in [-0.25, -0.2) is 15.0 Å². The Hall–Kier alpha value is -3.99. The summed E-state index contributed by atoms with van der Waals surface area (Å²) in [6.45, 7) is 2.94.